The Morgan fingerprint density at radius 3 is 3.04 bits per heavy atom. The number of nitrogens with zero attached hydrogens (tertiary/aromatic N) is 6. The number of carbonyl (C=O) groups excluding carboxylic acids is 1. The molecule has 1 aromatic carbocycles. The van der Waals surface area contributed by atoms with Gasteiger partial charge in [0.05, 0.1) is 5.52 Å². The molecule has 0 aliphatic carbocycles. The molecule has 1 fully saturated rings. The molecule has 5 rings (SSSR count). The highest BCUT2D eigenvalue weighted by Crippen LogP contribution is 2.29. The Balaban J connectivity index is 1.44. The zero-order valence-corrected chi connectivity index (χ0v) is 15.7. The second-order valence-corrected chi connectivity index (χ2v) is 7.23. The van der Waals surface area contributed by atoms with E-state index in [4.69, 9.17) is 0 Å². The molecule has 28 heavy (non-hydrogen) atoms. The fourth-order valence-electron chi connectivity index (χ4n) is 3.73. The molecule has 9 nitrogen and oxygen atoms in total. The highest BCUT2D eigenvalue weighted by Gasteiger charge is 2.23. The number of H-pyrrole nitrogens is 1. The summed E-state index contributed by atoms with van der Waals surface area (Å²) in [6, 6.07) is 6.22. The molecule has 0 radical (unpaired) electrons. The minimum atomic E-state index is 0.161. The molecule has 9 heteroatoms. The lowest BCUT2D eigenvalue weighted by atomic mass is 10.1. The number of hydrogen-bond donors (Lipinski definition) is 2. The van der Waals surface area contributed by atoms with Gasteiger partial charge in [0.2, 0.25) is 11.9 Å². The van der Waals surface area contributed by atoms with Crippen molar-refractivity contribution < 1.29 is 4.79 Å². The van der Waals surface area contributed by atoms with Gasteiger partial charge in [-0.2, -0.15) is 4.98 Å². The molecule has 142 valence electrons. The molecule has 1 aliphatic heterocycles. The minimum absolute atomic E-state index is 0.161. The van der Waals surface area contributed by atoms with E-state index in [0.717, 1.165) is 39.6 Å². The number of benzene rings is 1. The van der Waals surface area contributed by atoms with Crippen molar-refractivity contribution in [2.75, 3.05) is 18.9 Å². The van der Waals surface area contributed by atoms with Crippen molar-refractivity contribution in [3.05, 3.63) is 30.6 Å². The van der Waals surface area contributed by atoms with Crippen LogP contribution in [0.5, 0.6) is 0 Å². The molecule has 0 bridgehead atoms. The Hall–Kier alpha value is -3.49. The molecule has 1 aliphatic rings. The van der Waals surface area contributed by atoms with Crippen molar-refractivity contribution in [3.8, 4) is 11.1 Å². The fraction of sp³-hybridized carbons (Fsp3) is 0.316. The van der Waals surface area contributed by atoms with Crippen LogP contribution in [0.3, 0.4) is 0 Å². The lowest BCUT2D eigenvalue weighted by Crippen LogP contribution is -2.43. The summed E-state index contributed by atoms with van der Waals surface area (Å²) in [5.41, 5.74) is 4.70. The van der Waals surface area contributed by atoms with E-state index >= 15 is 0 Å². The van der Waals surface area contributed by atoms with E-state index in [0.29, 0.717) is 18.9 Å². The molecule has 3 aromatic heterocycles. The first-order valence-corrected chi connectivity index (χ1v) is 9.23. The summed E-state index contributed by atoms with van der Waals surface area (Å²) in [5, 5.41) is 12.5. The van der Waals surface area contributed by atoms with Crippen LogP contribution in [0.1, 0.15) is 12.8 Å². The van der Waals surface area contributed by atoms with Crippen LogP contribution >= 0.6 is 0 Å². The molecule has 1 amide bonds. The van der Waals surface area contributed by atoms with Gasteiger partial charge in [0, 0.05) is 56.4 Å². The zero-order chi connectivity index (χ0) is 19.3. The summed E-state index contributed by atoms with van der Waals surface area (Å²) in [7, 11) is 3.71. The summed E-state index contributed by atoms with van der Waals surface area (Å²) in [5.74, 6) is 0.754. The van der Waals surface area contributed by atoms with Gasteiger partial charge in [-0.1, -0.05) is 11.3 Å². The highest BCUT2D eigenvalue weighted by atomic mass is 16.2. The van der Waals surface area contributed by atoms with Crippen LogP contribution in [-0.2, 0) is 11.8 Å². The number of rotatable bonds is 3. The van der Waals surface area contributed by atoms with Crippen LogP contribution in [0.15, 0.2) is 30.6 Å². The van der Waals surface area contributed by atoms with E-state index in [1.54, 1.807) is 9.58 Å². The molecule has 1 atom stereocenters. The Kier molecular flexibility index (Phi) is 3.75. The standard InChI is InChI=1S/C19H20N8O/c1-26-10-12(4-6-17(26)28)22-19-21-9-14-13(8-20-18(14)23-19)11-3-5-15-16(7-11)27(2)25-24-15/h3,5,7-9,12H,4,6,10H2,1-2H3,(H2,20,21,22,23). The number of piperidine rings is 1. The Bertz CT molecular complexity index is 1190. The third-order valence-corrected chi connectivity index (χ3v) is 5.31. The lowest BCUT2D eigenvalue weighted by Gasteiger charge is -2.30. The number of aryl methyl sites for hydroxylation is 1. The van der Waals surface area contributed by atoms with Gasteiger partial charge < -0.3 is 15.2 Å². The first-order chi connectivity index (χ1) is 13.6. The number of amides is 1. The summed E-state index contributed by atoms with van der Waals surface area (Å²) in [6.07, 6.45) is 5.12. The van der Waals surface area contributed by atoms with Crippen LogP contribution < -0.4 is 5.32 Å². The highest BCUT2D eigenvalue weighted by molar-refractivity contribution is 5.95. The number of hydrogen-bond acceptors (Lipinski definition) is 6. The number of likely N-dealkylation sites (N-methyl/N-ethyl adjacent to an activating group) is 1. The van der Waals surface area contributed by atoms with Crippen LogP contribution in [0, 0.1) is 0 Å². The van der Waals surface area contributed by atoms with Gasteiger partial charge >= 0.3 is 0 Å². The Morgan fingerprint density at radius 2 is 2.18 bits per heavy atom. The lowest BCUT2D eigenvalue weighted by molar-refractivity contribution is -0.132. The number of carbonyl (C=O) groups is 1. The first-order valence-electron chi connectivity index (χ1n) is 9.23. The molecule has 0 spiro atoms. The van der Waals surface area contributed by atoms with E-state index in [1.807, 2.05) is 38.6 Å². The smallest absolute Gasteiger partial charge is 0.224 e. The van der Waals surface area contributed by atoms with Crippen molar-refractivity contribution in [3.63, 3.8) is 0 Å². The van der Waals surface area contributed by atoms with Crippen molar-refractivity contribution in [1.29, 1.82) is 0 Å². The number of aromatic nitrogens is 6. The summed E-state index contributed by atoms with van der Waals surface area (Å²) >= 11 is 0. The quantitative estimate of drug-likeness (QED) is 0.566. The normalized spacial score (nSPS) is 17.6. The van der Waals surface area contributed by atoms with Gasteiger partial charge in [-0.05, 0) is 24.1 Å². The molecule has 1 saturated heterocycles. The molecule has 4 heterocycles. The van der Waals surface area contributed by atoms with Crippen molar-refractivity contribution in [2.24, 2.45) is 7.05 Å². The maximum Gasteiger partial charge on any atom is 0.224 e. The fourth-order valence-corrected chi connectivity index (χ4v) is 3.73. The minimum Gasteiger partial charge on any atom is -0.350 e. The Labute approximate surface area is 160 Å². The van der Waals surface area contributed by atoms with E-state index in [-0.39, 0.29) is 11.9 Å². The number of nitrogens with one attached hydrogen (secondary N) is 2. The van der Waals surface area contributed by atoms with Crippen molar-refractivity contribution in [1.82, 2.24) is 34.8 Å². The molecule has 2 N–H and O–H groups in total. The Morgan fingerprint density at radius 1 is 1.29 bits per heavy atom. The summed E-state index contributed by atoms with van der Waals surface area (Å²) in [6.45, 7) is 0.662. The van der Waals surface area contributed by atoms with Crippen LogP contribution in [0.25, 0.3) is 33.2 Å². The molecule has 1 unspecified atom stereocenters. The summed E-state index contributed by atoms with van der Waals surface area (Å²) < 4.78 is 1.76. The van der Waals surface area contributed by atoms with Gasteiger partial charge in [0.25, 0.3) is 0 Å². The topological polar surface area (TPSA) is 105 Å². The zero-order valence-electron chi connectivity index (χ0n) is 15.7. The van der Waals surface area contributed by atoms with Gasteiger partial charge in [-0.25, -0.2) is 9.67 Å². The van der Waals surface area contributed by atoms with Gasteiger partial charge in [-0.15, -0.1) is 5.10 Å². The van der Waals surface area contributed by atoms with E-state index in [1.165, 1.54) is 0 Å². The largest absolute Gasteiger partial charge is 0.350 e. The SMILES string of the molecule is CN1CC(Nc2ncc3c(-c4ccc5nnn(C)c5c4)c[nH]c3n2)CCC1=O. The molecular weight excluding hydrogens is 356 g/mol. The maximum atomic E-state index is 11.6. The monoisotopic (exact) mass is 376 g/mol. The molecule has 4 aromatic rings. The number of anilines is 1. The van der Waals surface area contributed by atoms with Gasteiger partial charge in [0.1, 0.15) is 11.2 Å². The third-order valence-electron chi connectivity index (χ3n) is 5.31. The molecule has 0 saturated carbocycles. The van der Waals surface area contributed by atoms with Gasteiger partial charge in [-0.3, -0.25) is 4.79 Å². The average molecular weight is 376 g/mol. The maximum absolute atomic E-state index is 11.6. The van der Waals surface area contributed by atoms with Crippen molar-refractivity contribution in [2.45, 2.75) is 18.9 Å². The second-order valence-electron chi connectivity index (χ2n) is 7.23. The van der Waals surface area contributed by atoms with Crippen LogP contribution in [-0.4, -0.2) is 60.4 Å². The van der Waals surface area contributed by atoms with E-state index in [9.17, 15) is 4.79 Å². The molecular formula is C19H20N8O. The first kappa shape index (κ1) is 16.7. The predicted molar refractivity (Wildman–Crippen MR) is 106 cm³/mol. The van der Waals surface area contributed by atoms with Crippen LogP contribution in [0.4, 0.5) is 5.95 Å². The number of fused-ring (bicyclic) bond motifs is 2. The van der Waals surface area contributed by atoms with E-state index in [2.05, 4.69) is 36.6 Å². The van der Waals surface area contributed by atoms with Crippen LogP contribution in [0.2, 0.25) is 0 Å². The van der Waals surface area contributed by atoms with Crippen molar-refractivity contribution >= 4 is 33.9 Å². The predicted octanol–water partition coefficient (Wildman–Crippen LogP) is 1.94. The summed E-state index contributed by atoms with van der Waals surface area (Å²) in [4.78, 5) is 25.7. The van der Waals surface area contributed by atoms with E-state index < -0.39 is 0 Å². The van der Waals surface area contributed by atoms with Gasteiger partial charge in [0.15, 0.2) is 0 Å². The third kappa shape index (κ3) is 2.75. The second kappa shape index (κ2) is 6.29. The number of likely N-dealkylation sites (tertiary alicyclic amines) is 1. The number of aromatic amines is 1. The average Bonchev–Trinajstić information content (AvgIpc) is 3.28.